The van der Waals surface area contributed by atoms with E-state index in [4.69, 9.17) is 15.6 Å². The number of hydrogen-bond acceptors (Lipinski definition) is 5. The molecule has 1 aliphatic carbocycles. The third-order valence-electron chi connectivity index (χ3n) is 3.64. The Morgan fingerprint density at radius 2 is 2.26 bits per heavy atom. The zero-order valence-corrected chi connectivity index (χ0v) is 10.7. The van der Waals surface area contributed by atoms with Crippen molar-refractivity contribution in [3.63, 3.8) is 0 Å². The van der Waals surface area contributed by atoms with E-state index in [0.717, 1.165) is 0 Å². The fraction of sp³-hybridized carbons (Fsp3) is 0.750. The van der Waals surface area contributed by atoms with Crippen molar-refractivity contribution in [2.45, 2.75) is 50.5 Å². The molecule has 4 N–H and O–H groups in total. The molecular weight excluding hydrogens is 252 g/mol. The van der Waals surface area contributed by atoms with Gasteiger partial charge in [0.2, 0.25) is 5.91 Å². The molecule has 19 heavy (non-hydrogen) atoms. The Labute approximate surface area is 110 Å². The molecule has 7 nitrogen and oxygen atoms in total. The lowest BCUT2D eigenvalue weighted by Crippen LogP contribution is -2.48. The van der Waals surface area contributed by atoms with Crippen molar-refractivity contribution in [2.75, 3.05) is 0 Å². The van der Waals surface area contributed by atoms with E-state index in [1.165, 1.54) is 6.92 Å². The highest BCUT2D eigenvalue weighted by Crippen LogP contribution is 2.40. The summed E-state index contributed by atoms with van der Waals surface area (Å²) in [5.41, 5.74) is 5.40. The summed E-state index contributed by atoms with van der Waals surface area (Å²) in [6, 6.07) is -1.73. The van der Waals surface area contributed by atoms with Gasteiger partial charge in [-0.1, -0.05) is 0 Å². The van der Waals surface area contributed by atoms with Gasteiger partial charge in [-0.25, -0.2) is 4.79 Å². The highest BCUT2D eigenvalue weighted by molar-refractivity contribution is 5.87. The Bertz CT molecular complexity index is 409. The van der Waals surface area contributed by atoms with Crippen LogP contribution in [0.5, 0.6) is 0 Å². The summed E-state index contributed by atoms with van der Waals surface area (Å²) in [6.07, 6.45) is 0.770. The van der Waals surface area contributed by atoms with Crippen molar-refractivity contribution in [3.8, 4) is 0 Å². The van der Waals surface area contributed by atoms with Crippen molar-refractivity contribution in [1.82, 2.24) is 5.32 Å². The van der Waals surface area contributed by atoms with Gasteiger partial charge in [-0.15, -0.1) is 0 Å². The molecule has 0 aromatic carbocycles. The predicted octanol–water partition coefficient (Wildman–Crippen LogP) is -0.960. The molecule has 0 aromatic rings. The number of fused-ring (bicyclic) bond motifs is 1. The zero-order valence-electron chi connectivity index (χ0n) is 10.7. The first-order valence-electron chi connectivity index (χ1n) is 6.37. The van der Waals surface area contributed by atoms with Gasteiger partial charge in [-0.2, -0.15) is 0 Å². The molecule has 5 atom stereocenters. The molecule has 1 amide bonds. The van der Waals surface area contributed by atoms with Crippen LogP contribution in [0.2, 0.25) is 0 Å². The van der Waals surface area contributed by atoms with Crippen LogP contribution in [-0.4, -0.2) is 47.1 Å². The van der Waals surface area contributed by atoms with Crippen LogP contribution in [0.3, 0.4) is 0 Å². The number of carbonyl (C=O) groups excluding carboxylic acids is 2. The Kier molecular flexibility index (Phi) is 3.86. The number of carboxylic acid groups (broad SMARTS) is 1. The summed E-state index contributed by atoms with van der Waals surface area (Å²) in [5.74, 6) is -1.50. The Morgan fingerprint density at radius 3 is 2.84 bits per heavy atom. The summed E-state index contributed by atoms with van der Waals surface area (Å²) in [4.78, 5) is 34.0. The van der Waals surface area contributed by atoms with Crippen molar-refractivity contribution in [2.24, 2.45) is 11.7 Å². The van der Waals surface area contributed by atoms with Gasteiger partial charge in [0.1, 0.15) is 12.1 Å². The lowest BCUT2D eigenvalue weighted by molar-refractivity contribution is -0.142. The summed E-state index contributed by atoms with van der Waals surface area (Å²) < 4.78 is 5.26. The van der Waals surface area contributed by atoms with Crippen LogP contribution in [-0.2, 0) is 19.1 Å². The fourth-order valence-electron chi connectivity index (χ4n) is 2.45. The number of ketones is 1. The third-order valence-corrected chi connectivity index (χ3v) is 3.64. The summed E-state index contributed by atoms with van der Waals surface area (Å²) in [6.45, 7) is 1.49. The first-order valence-corrected chi connectivity index (χ1v) is 6.37. The van der Waals surface area contributed by atoms with Gasteiger partial charge in [-0.05, 0) is 25.7 Å². The van der Waals surface area contributed by atoms with Gasteiger partial charge in [0.05, 0.1) is 12.1 Å². The van der Waals surface area contributed by atoms with Gasteiger partial charge in [0, 0.05) is 6.42 Å². The second-order valence-corrected chi connectivity index (χ2v) is 5.21. The fourth-order valence-corrected chi connectivity index (χ4v) is 2.45. The number of amides is 1. The van der Waals surface area contributed by atoms with E-state index < -0.39 is 24.0 Å². The number of aliphatic carboxylic acids is 1. The molecule has 2 aliphatic rings. The molecule has 1 saturated carbocycles. The van der Waals surface area contributed by atoms with Crippen molar-refractivity contribution >= 4 is 17.7 Å². The van der Waals surface area contributed by atoms with Gasteiger partial charge in [0.25, 0.3) is 0 Å². The number of ether oxygens (including phenoxy) is 1. The van der Waals surface area contributed by atoms with Crippen molar-refractivity contribution < 1.29 is 24.2 Å². The van der Waals surface area contributed by atoms with Gasteiger partial charge < -0.3 is 20.9 Å². The lowest BCUT2D eigenvalue weighted by Gasteiger charge is -2.23. The number of nitrogens with one attached hydrogen (secondary N) is 1. The normalized spacial score (nSPS) is 32.1. The molecule has 0 bridgehead atoms. The maximum Gasteiger partial charge on any atom is 0.326 e. The maximum absolute atomic E-state index is 11.5. The first-order chi connectivity index (χ1) is 8.90. The molecule has 106 valence electrons. The smallest absolute Gasteiger partial charge is 0.326 e. The van der Waals surface area contributed by atoms with E-state index >= 15 is 0 Å². The largest absolute Gasteiger partial charge is 0.480 e. The minimum Gasteiger partial charge on any atom is -0.480 e. The Balaban J connectivity index is 1.92. The van der Waals surface area contributed by atoms with Crippen LogP contribution in [0.4, 0.5) is 0 Å². The molecular formula is C12H18N2O5. The van der Waals surface area contributed by atoms with Gasteiger partial charge in [0.15, 0.2) is 5.78 Å². The second kappa shape index (κ2) is 5.26. The average molecular weight is 270 g/mol. The van der Waals surface area contributed by atoms with Gasteiger partial charge >= 0.3 is 5.97 Å². The average Bonchev–Trinajstić information content (AvgIpc) is 3.11. The number of epoxide rings is 1. The van der Waals surface area contributed by atoms with E-state index in [1.54, 1.807) is 0 Å². The minimum absolute atomic E-state index is 0.00261. The van der Waals surface area contributed by atoms with E-state index in [2.05, 4.69) is 5.32 Å². The molecule has 7 heteroatoms. The van der Waals surface area contributed by atoms with Crippen LogP contribution < -0.4 is 11.1 Å². The summed E-state index contributed by atoms with van der Waals surface area (Å²) in [7, 11) is 0. The van der Waals surface area contributed by atoms with E-state index in [-0.39, 0.29) is 30.3 Å². The van der Waals surface area contributed by atoms with Crippen molar-refractivity contribution in [1.29, 1.82) is 0 Å². The van der Waals surface area contributed by atoms with Crippen LogP contribution in [0.15, 0.2) is 0 Å². The molecule has 2 unspecified atom stereocenters. The molecule has 1 heterocycles. The number of carboxylic acids is 1. The number of carbonyl (C=O) groups is 3. The standard InChI is InChI=1S/C12H18N2O5/c1-5(13)11(16)14-7(12(17)18)4-6-2-3-8(15)10-9(6)19-10/h5-7,9-10H,2-4,13H2,1H3,(H,14,16)(H,17,18)/t5?,6-,7?,9-,10+/m1/s1. The molecule has 1 saturated heterocycles. The zero-order chi connectivity index (χ0) is 14.2. The molecule has 2 fully saturated rings. The Morgan fingerprint density at radius 1 is 1.58 bits per heavy atom. The van der Waals surface area contributed by atoms with Crippen molar-refractivity contribution in [3.05, 3.63) is 0 Å². The number of rotatable bonds is 5. The summed E-state index contributed by atoms with van der Waals surface area (Å²) in [5, 5.41) is 11.5. The topological polar surface area (TPSA) is 122 Å². The second-order valence-electron chi connectivity index (χ2n) is 5.21. The SMILES string of the molecule is CC(N)C(=O)NC(C[C@H]1CCC(=O)[C@@H]2O[C@H]12)C(=O)O. The Hall–Kier alpha value is -1.47. The van der Waals surface area contributed by atoms with E-state index in [0.29, 0.717) is 12.8 Å². The van der Waals surface area contributed by atoms with Crippen LogP contribution in [0, 0.1) is 5.92 Å². The molecule has 0 spiro atoms. The van der Waals surface area contributed by atoms with Crippen LogP contribution in [0.25, 0.3) is 0 Å². The molecule has 0 radical (unpaired) electrons. The molecule has 2 rings (SSSR count). The monoisotopic (exact) mass is 270 g/mol. The third kappa shape index (κ3) is 3.10. The number of nitrogens with two attached hydrogens (primary N) is 1. The van der Waals surface area contributed by atoms with E-state index in [1.807, 2.05) is 0 Å². The molecule has 0 aromatic heterocycles. The highest BCUT2D eigenvalue weighted by Gasteiger charge is 2.53. The quantitative estimate of drug-likeness (QED) is 0.553. The predicted molar refractivity (Wildman–Crippen MR) is 64.2 cm³/mol. The highest BCUT2D eigenvalue weighted by atomic mass is 16.6. The number of hydrogen-bond donors (Lipinski definition) is 3. The first kappa shape index (κ1) is 14.0. The molecule has 1 aliphatic heterocycles. The number of Topliss-reactive ketones (excluding diaryl/α,β-unsaturated/α-hetero) is 1. The van der Waals surface area contributed by atoms with Gasteiger partial charge in [-0.3, -0.25) is 9.59 Å². The lowest BCUT2D eigenvalue weighted by atomic mass is 9.84. The van der Waals surface area contributed by atoms with E-state index in [9.17, 15) is 14.4 Å². The van der Waals surface area contributed by atoms with Crippen LogP contribution in [0.1, 0.15) is 26.2 Å². The summed E-state index contributed by atoms with van der Waals surface area (Å²) >= 11 is 0. The van der Waals surface area contributed by atoms with Crippen LogP contribution >= 0.6 is 0 Å². The maximum atomic E-state index is 11.5. The minimum atomic E-state index is -1.09.